The summed E-state index contributed by atoms with van der Waals surface area (Å²) in [5, 5.41) is 12.4. The quantitative estimate of drug-likeness (QED) is 0.782. The number of halogens is 1. The van der Waals surface area contributed by atoms with Crippen LogP contribution in [-0.2, 0) is 4.79 Å². The molecule has 0 fully saturated rings. The van der Waals surface area contributed by atoms with Crippen molar-refractivity contribution in [2.75, 3.05) is 12.3 Å². The molecule has 1 aromatic rings. The van der Waals surface area contributed by atoms with Crippen LogP contribution in [0, 0.1) is 0 Å². The van der Waals surface area contributed by atoms with E-state index in [-0.39, 0.29) is 5.91 Å². The van der Waals surface area contributed by atoms with Gasteiger partial charge in [-0.25, -0.2) is 0 Å². The first-order chi connectivity index (χ1) is 8.09. The molecule has 3 nitrogen and oxygen atoms in total. The molecule has 0 aliphatic carbocycles. The van der Waals surface area contributed by atoms with Gasteiger partial charge < -0.3 is 10.4 Å². The van der Waals surface area contributed by atoms with Crippen molar-refractivity contribution in [2.45, 2.75) is 24.3 Å². The second-order valence-electron chi connectivity index (χ2n) is 3.68. The van der Waals surface area contributed by atoms with Gasteiger partial charge in [-0.15, -0.1) is 11.8 Å². The molecule has 0 saturated heterocycles. The van der Waals surface area contributed by atoms with Crippen molar-refractivity contribution in [1.29, 1.82) is 0 Å². The van der Waals surface area contributed by atoms with E-state index in [9.17, 15) is 4.79 Å². The molecule has 1 unspecified atom stereocenters. The van der Waals surface area contributed by atoms with E-state index in [1.807, 2.05) is 24.3 Å². The highest BCUT2D eigenvalue weighted by molar-refractivity contribution is 7.99. The Morgan fingerprint density at radius 3 is 2.88 bits per heavy atom. The van der Waals surface area contributed by atoms with Gasteiger partial charge >= 0.3 is 0 Å². The summed E-state index contributed by atoms with van der Waals surface area (Å²) in [7, 11) is 0. The second-order valence-corrected chi connectivity index (χ2v) is 5.23. The van der Waals surface area contributed by atoms with Crippen LogP contribution < -0.4 is 5.32 Å². The molecule has 1 amide bonds. The Hall–Kier alpha value is -0.710. The molecular weight excluding hydrogens is 258 g/mol. The lowest BCUT2D eigenvalue weighted by Crippen LogP contribution is -2.30. The minimum atomic E-state index is -0.504. The van der Waals surface area contributed by atoms with Crippen molar-refractivity contribution in [3.63, 3.8) is 0 Å². The number of amides is 1. The lowest BCUT2D eigenvalue weighted by Gasteiger charge is -2.07. The number of hydrogen-bond acceptors (Lipinski definition) is 3. The molecule has 0 aliphatic rings. The maximum absolute atomic E-state index is 11.4. The molecule has 17 heavy (non-hydrogen) atoms. The zero-order valence-corrected chi connectivity index (χ0v) is 11.2. The number of carbonyl (C=O) groups excluding carboxylic acids is 1. The Labute approximate surface area is 111 Å². The predicted octanol–water partition coefficient (Wildman–Crippen LogP) is 2.32. The van der Waals surface area contributed by atoms with E-state index in [0.29, 0.717) is 23.7 Å². The zero-order valence-electron chi connectivity index (χ0n) is 9.65. The number of hydrogen-bond donors (Lipinski definition) is 2. The van der Waals surface area contributed by atoms with Gasteiger partial charge in [-0.3, -0.25) is 4.79 Å². The van der Waals surface area contributed by atoms with Crippen molar-refractivity contribution in [3.05, 3.63) is 29.3 Å². The standard InChI is InChI=1S/C12H16ClNO2S/c1-9(15)8-14-12(16)6-7-17-11-5-3-2-4-10(11)13/h2-5,9,15H,6-8H2,1H3,(H,14,16). The fraction of sp³-hybridized carbons (Fsp3) is 0.417. The summed E-state index contributed by atoms with van der Waals surface area (Å²) in [4.78, 5) is 12.3. The average molecular weight is 274 g/mol. The molecule has 0 radical (unpaired) electrons. The third-order valence-corrected chi connectivity index (χ3v) is 3.53. The summed E-state index contributed by atoms with van der Waals surface area (Å²) in [6.07, 6.45) is -0.0852. The number of carbonyl (C=O) groups is 1. The van der Waals surface area contributed by atoms with E-state index >= 15 is 0 Å². The van der Waals surface area contributed by atoms with Crippen molar-refractivity contribution < 1.29 is 9.90 Å². The van der Waals surface area contributed by atoms with Gasteiger partial charge in [-0.2, -0.15) is 0 Å². The van der Waals surface area contributed by atoms with Gasteiger partial charge in [0, 0.05) is 23.6 Å². The second kappa shape index (κ2) is 7.58. The molecular formula is C12H16ClNO2S. The highest BCUT2D eigenvalue weighted by Crippen LogP contribution is 2.26. The average Bonchev–Trinajstić information content (AvgIpc) is 2.29. The maximum Gasteiger partial charge on any atom is 0.220 e. The predicted molar refractivity (Wildman–Crippen MR) is 71.5 cm³/mol. The minimum absolute atomic E-state index is 0.0505. The van der Waals surface area contributed by atoms with Gasteiger partial charge in [0.15, 0.2) is 0 Å². The summed E-state index contributed by atoms with van der Waals surface area (Å²) in [6, 6.07) is 7.56. The Morgan fingerprint density at radius 2 is 2.24 bits per heavy atom. The van der Waals surface area contributed by atoms with Gasteiger partial charge in [0.25, 0.3) is 0 Å². The summed E-state index contributed by atoms with van der Waals surface area (Å²) in [6.45, 7) is 1.94. The fourth-order valence-corrected chi connectivity index (χ4v) is 2.35. The van der Waals surface area contributed by atoms with Crippen molar-refractivity contribution in [2.24, 2.45) is 0 Å². The van der Waals surface area contributed by atoms with Gasteiger partial charge in [0.2, 0.25) is 5.91 Å². The molecule has 94 valence electrons. The molecule has 5 heteroatoms. The first-order valence-electron chi connectivity index (χ1n) is 5.41. The highest BCUT2D eigenvalue weighted by Gasteiger charge is 2.04. The van der Waals surface area contributed by atoms with Crippen LogP contribution in [-0.4, -0.2) is 29.4 Å². The van der Waals surface area contributed by atoms with Crippen molar-refractivity contribution in [3.8, 4) is 0 Å². The number of benzene rings is 1. The molecule has 1 rings (SSSR count). The van der Waals surface area contributed by atoms with E-state index in [1.54, 1.807) is 18.7 Å². The topological polar surface area (TPSA) is 49.3 Å². The molecule has 0 spiro atoms. The minimum Gasteiger partial charge on any atom is -0.392 e. The van der Waals surface area contributed by atoms with E-state index < -0.39 is 6.10 Å². The first-order valence-corrected chi connectivity index (χ1v) is 6.78. The number of aliphatic hydroxyl groups is 1. The molecule has 1 atom stereocenters. The van der Waals surface area contributed by atoms with Crippen LogP contribution in [0.3, 0.4) is 0 Å². The normalized spacial score (nSPS) is 12.2. The summed E-state index contributed by atoms with van der Waals surface area (Å²) in [5.41, 5.74) is 0. The Kier molecular flexibility index (Phi) is 6.40. The van der Waals surface area contributed by atoms with E-state index in [0.717, 1.165) is 4.90 Å². The van der Waals surface area contributed by atoms with Gasteiger partial charge in [-0.1, -0.05) is 23.7 Å². The van der Waals surface area contributed by atoms with Gasteiger partial charge in [0.05, 0.1) is 11.1 Å². The summed E-state index contributed by atoms with van der Waals surface area (Å²) >= 11 is 7.54. The Morgan fingerprint density at radius 1 is 1.53 bits per heavy atom. The monoisotopic (exact) mass is 273 g/mol. The molecule has 0 aliphatic heterocycles. The Bertz CT molecular complexity index is 371. The fourth-order valence-electron chi connectivity index (χ4n) is 1.17. The molecule has 0 heterocycles. The van der Waals surface area contributed by atoms with Crippen LogP contribution in [0.15, 0.2) is 29.2 Å². The SMILES string of the molecule is CC(O)CNC(=O)CCSc1ccccc1Cl. The van der Waals surface area contributed by atoms with Crippen LogP contribution in [0.5, 0.6) is 0 Å². The molecule has 2 N–H and O–H groups in total. The highest BCUT2D eigenvalue weighted by atomic mass is 35.5. The van der Waals surface area contributed by atoms with Gasteiger partial charge in [0.1, 0.15) is 0 Å². The van der Waals surface area contributed by atoms with Crippen LogP contribution >= 0.6 is 23.4 Å². The lowest BCUT2D eigenvalue weighted by atomic mass is 10.4. The van der Waals surface area contributed by atoms with Crippen LogP contribution in [0.2, 0.25) is 5.02 Å². The van der Waals surface area contributed by atoms with Gasteiger partial charge in [-0.05, 0) is 19.1 Å². The molecule has 1 aromatic carbocycles. The van der Waals surface area contributed by atoms with Crippen LogP contribution in [0.25, 0.3) is 0 Å². The van der Waals surface area contributed by atoms with E-state index in [4.69, 9.17) is 16.7 Å². The number of rotatable bonds is 6. The molecule has 0 bridgehead atoms. The Balaban J connectivity index is 2.24. The zero-order chi connectivity index (χ0) is 12.7. The van der Waals surface area contributed by atoms with E-state index in [2.05, 4.69) is 5.32 Å². The molecule has 0 saturated carbocycles. The smallest absolute Gasteiger partial charge is 0.220 e. The molecule has 0 aromatic heterocycles. The number of nitrogens with one attached hydrogen (secondary N) is 1. The number of thioether (sulfide) groups is 1. The first kappa shape index (κ1) is 14.4. The largest absolute Gasteiger partial charge is 0.392 e. The third-order valence-electron chi connectivity index (χ3n) is 2.02. The van der Waals surface area contributed by atoms with E-state index in [1.165, 1.54) is 0 Å². The lowest BCUT2D eigenvalue weighted by molar-refractivity contribution is -0.121. The number of aliphatic hydroxyl groups excluding tert-OH is 1. The third kappa shape index (κ3) is 5.96. The van der Waals surface area contributed by atoms with Crippen molar-refractivity contribution >= 4 is 29.3 Å². The van der Waals surface area contributed by atoms with Crippen LogP contribution in [0.1, 0.15) is 13.3 Å². The van der Waals surface area contributed by atoms with Crippen LogP contribution in [0.4, 0.5) is 0 Å². The summed E-state index contributed by atoms with van der Waals surface area (Å²) < 4.78 is 0. The summed E-state index contributed by atoms with van der Waals surface area (Å²) in [5.74, 6) is 0.625. The van der Waals surface area contributed by atoms with Crippen molar-refractivity contribution in [1.82, 2.24) is 5.32 Å². The maximum atomic E-state index is 11.4.